The van der Waals surface area contributed by atoms with E-state index in [0.29, 0.717) is 43.7 Å². The molecule has 0 aliphatic heterocycles. The van der Waals surface area contributed by atoms with Gasteiger partial charge < -0.3 is 26.2 Å². The fraction of sp³-hybridized carbons (Fsp3) is 0.171. The summed E-state index contributed by atoms with van der Waals surface area (Å²) in [6, 6.07) is 28.2. The van der Waals surface area contributed by atoms with Crippen molar-refractivity contribution in [1.82, 2.24) is 10.2 Å². The van der Waals surface area contributed by atoms with Crippen molar-refractivity contribution in [3.05, 3.63) is 131 Å². The fourth-order valence-corrected chi connectivity index (χ4v) is 4.34. The van der Waals surface area contributed by atoms with E-state index in [2.05, 4.69) is 5.32 Å². The van der Waals surface area contributed by atoms with E-state index in [1.165, 1.54) is 18.2 Å². The maximum absolute atomic E-state index is 14.1. The molecule has 0 atom stereocenters. The lowest BCUT2D eigenvalue weighted by Crippen LogP contribution is -2.31. The molecule has 0 radical (unpaired) electrons. The van der Waals surface area contributed by atoms with Crippen molar-refractivity contribution >= 4 is 23.9 Å². The second-order valence-electron chi connectivity index (χ2n) is 10.1. The van der Waals surface area contributed by atoms with E-state index in [1.54, 1.807) is 41.3 Å². The number of alkyl halides is 3. The molecule has 0 saturated heterocycles. The Kier molecular flexibility index (Phi) is 13.2. The quantitative estimate of drug-likeness (QED) is 0.120. The molecular formula is C35H33F4N3O5. The number of nitrogens with two attached hydrogens (primary N) is 1. The minimum atomic E-state index is -5.08. The maximum atomic E-state index is 14.1. The van der Waals surface area contributed by atoms with Crippen LogP contribution in [0.5, 0.6) is 5.75 Å². The molecule has 0 aliphatic rings. The Balaban J connectivity index is 0.000000771. The second kappa shape index (κ2) is 17.3. The third kappa shape index (κ3) is 11.4. The van der Waals surface area contributed by atoms with Crippen LogP contribution in [0.25, 0.3) is 17.2 Å². The third-order valence-corrected chi connectivity index (χ3v) is 6.68. The summed E-state index contributed by atoms with van der Waals surface area (Å²) in [4.78, 5) is 36.6. The number of aromatic hydroxyl groups is 1. The molecule has 2 amide bonds. The van der Waals surface area contributed by atoms with E-state index in [-0.39, 0.29) is 17.6 Å². The van der Waals surface area contributed by atoms with Gasteiger partial charge in [-0.25, -0.2) is 9.18 Å². The Bertz CT molecular complexity index is 1690. The summed E-state index contributed by atoms with van der Waals surface area (Å²) in [5, 5.41) is 19.5. The third-order valence-electron chi connectivity index (χ3n) is 6.68. The summed E-state index contributed by atoms with van der Waals surface area (Å²) in [6.07, 6.45) is -1.64. The number of carboxylic acids is 1. The number of nitrogens with zero attached hydrogens (tertiary/aromatic N) is 1. The van der Waals surface area contributed by atoms with Crippen molar-refractivity contribution < 1.29 is 42.2 Å². The Morgan fingerprint density at radius 2 is 1.53 bits per heavy atom. The predicted octanol–water partition coefficient (Wildman–Crippen LogP) is 5.80. The molecule has 0 unspecified atom stereocenters. The molecule has 0 spiro atoms. The average Bonchev–Trinajstić information content (AvgIpc) is 3.05. The highest BCUT2D eigenvalue weighted by Gasteiger charge is 2.38. The lowest BCUT2D eigenvalue weighted by molar-refractivity contribution is -0.192. The monoisotopic (exact) mass is 651 g/mol. The van der Waals surface area contributed by atoms with Gasteiger partial charge in [0, 0.05) is 43.4 Å². The normalized spacial score (nSPS) is 11.0. The first kappa shape index (κ1) is 36.0. The van der Waals surface area contributed by atoms with Crippen LogP contribution in [0.3, 0.4) is 0 Å². The molecule has 12 heteroatoms. The molecule has 47 heavy (non-hydrogen) atoms. The van der Waals surface area contributed by atoms with Gasteiger partial charge in [0.1, 0.15) is 11.6 Å². The van der Waals surface area contributed by atoms with Crippen molar-refractivity contribution in [3.63, 3.8) is 0 Å². The van der Waals surface area contributed by atoms with Crippen LogP contribution < -0.4 is 11.1 Å². The molecule has 4 aromatic carbocycles. The number of aliphatic carboxylic acids is 1. The van der Waals surface area contributed by atoms with Gasteiger partial charge in [0.15, 0.2) is 0 Å². The first-order valence-electron chi connectivity index (χ1n) is 14.3. The minimum absolute atomic E-state index is 0.179. The van der Waals surface area contributed by atoms with Gasteiger partial charge in [-0.1, -0.05) is 66.7 Å². The fourth-order valence-electron chi connectivity index (χ4n) is 4.34. The molecule has 4 aromatic rings. The van der Waals surface area contributed by atoms with E-state index in [1.807, 2.05) is 54.6 Å². The van der Waals surface area contributed by atoms with E-state index in [4.69, 9.17) is 15.6 Å². The molecular weight excluding hydrogens is 618 g/mol. The van der Waals surface area contributed by atoms with Crippen LogP contribution in [0.2, 0.25) is 0 Å². The Morgan fingerprint density at radius 1 is 0.872 bits per heavy atom. The van der Waals surface area contributed by atoms with Gasteiger partial charge in [-0.05, 0) is 65.1 Å². The van der Waals surface area contributed by atoms with E-state index < -0.39 is 18.0 Å². The number of phenolic OH excluding ortho intramolecular Hbond substituents is 1. The number of carboxylic acid groups (broad SMARTS) is 1. The first-order valence-corrected chi connectivity index (χ1v) is 14.3. The van der Waals surface area contributed by atoms with Crippen molar-refractivity contribution in [2.45, 2.75) is 19.1 Å². The molecule has 246 valence electrons. The van der Waals surface area contributed by atoms with Crippen molar-refractivity contribution in [3.8, 4) is 16.9 Å². The van der Waals surface area contributed by atoms with E-state index in [0.717, 1.165) is 22.3 Å². The molecule has 0 fully saturated rings. The van der Waals surface area contributed by atoms with Gasteiger partial charge in [0.25, 0.3) is 5.91 Å². The zero-order valence-electron chi connectivity index (χ0n) is 25.1. The number of carbonyl (C=O) groups is 3. The van der Waals surface area contributed by atoms with Gasteiger partial charge in [0.05, 0.1) is 0 Å². The predicted molar refractivity (Wildman–Crippen MR) is 170 cm³/mol. The number of amides is 2. The van der Waals surface area contributed by atoms with Crippen LogP contribution in [0, 0.1) is 5.82 Å². The zero-order chi connectivity index (χ0) is 34.4. The second-order valence-corrected chi connectivity index (χ2v) is 10.1. The lowest BCUT2D eigenvalue weighted by Gasteiger charge is -2.22. The van der Waals surface area contributed by atoms with E-state index in [9.17, 15) is 32.3 Å². The van der Waals surface area contributed by atoms with Gasteiger partial charge in [0.2, 0.25) is 5.91 Å². The van der Waals surface area contributed by atoms with Crippen LogP contribution >= 0.6 is 0 Å². The van der Waals surface area contributed by atoms with Crippen molar-refractivity contribution in [2.24, 2.45) is 5.73 Å². The van der Waals surface area contributed by atoms with Crippen molar-refractivity contribution in [2.75, 3.05) is 19.6 Å². The number of nitrogens with one attached hydrogen (secondary N) is 1. The average molecular weight is 652 g/mol. The number of benzene rings is 4. The van der Waals surface area contributed by atoms with Crippen LogP contribution in [0.4, 0.5) is 17.6 Å². The Hall–Kier alpha value is -5.49. The van der Waals surface area contributed by atoms with Gasteiger partial charge in [-0.3, -0.25) is 9.59 Å². The number of hydrogen-bond donors (Lipinski definition) is 4. The highest BCUT2D eigenvalue weighted by atomic mass is 19.4. The smallest absolute Gasteiger partial charge is 0.490 e. The number of rotatable bonds is 11. The summed E-state index contributed by atoms with van der Waals surface area (Å²) in [7, 11) is 0. The Morgan fingerprint density at radius 3 is 2.19 bits per heavy atom. The number of halogens is 4. The van der Waals surface area contributed by atoms with E-state index >= 15 is 0 Å². The number of carbonyl (C=O) groups excluding carboxylic acids is 2. The van der Waals surface area contributed by atoms with Gasteiger partial charge in [-0.15, -0.1) is 0 Å². The Labute approximate surface area is 268 Å². The summed E-state index contributed by atoms with van der Waals surface area (Å²) in [6.45, 7) is 1.45. The molecule has 0 aliphatic carbocycles. The molecule has 8 nitrogen and oxygen atoms in total. The molecule has 0 aromatic heterocycles. The summed E-state index contributed by atoms with van der Waals surface area (Å²) in [5.41, 5.74) is 9.90. The largest absolute Gasteiger partial charge is 0.508 e. The lowest BCUT2D eigenvalue weighted by atomic mass is 9.97. The van der Waals surface area contributed by atoms with Gasteiger partial charge in [-0.2, -0.15) is 13.2 Å². The van der Waals surface area contributed by atoms with Crippen molar-refractivity contribution in [1.29, 1.82) is 0 Å². The summed E-state index contributed by atoms with van der Waals surface area (Å²) < 4.78 is 45.9. The standard InChI is InChI=1S/C33H32FN3O3.C2HF3O2/c34-31-11-4-1-7-26(31)14-17-32(39)37(21-18-24-12-15-28(38)16-13-24)23-25-6-5-8-27(22-25)29-9-2-3-10-30(29)33(40)36-20-19-35;3-2(4,5)1(6)7/h1-17,22,38H,18-21,23,35H2,(H,36,40);(H,6,7)/b17-14+;. The molecule has 0 heterocycles. The number of hydrogen-bond acceptors (Lipinski definition) is 5. The summed E-state index contributed by atoms with van der Waals surface area (Å²) >= 11 is 0. The summed E-state index contributed by atoms with van der Waals surface area (Å²) in [5.74, 6) is -3.43. The van der Waals surface area contributed by atoms with Crippen LogP contribution in [-0.2, 0) is 22.6 Å². The zero-order valence-corrected chi connectivity index (χ0v) is 25.1. The maximum Gasteiger partial charge on any atom is 0.490 e. The first-order chi connectivity index (χ1) is 22.4. The molecule has 4 rings (SSSR count). The molecule has 0 saturated carbocycles. The topological polar surface area (TPSA) is 133 Å². The van der Waals surface area contributed by atoms with Gasteiger partial charge >= 0.3 is 12.1 Å². The molecule has 5 N–H and O–H groups in total. The van der Waals surface area contributed by atoms with Crippen LogP contribution in [0.15, 0.2) is 103 Å². The highest BCUT2D eigenvalue weighted by molar-refractivity contribution is 6.01. The minimum Gasteiger partial charge on any atom is -0.508 e. The SMILES string of the molecule is NCCNC(=O)c1ccccc1-c1cccc(CN(CCc2ccc(O)cc2)C(=O)/C=C/c2ccccc2F)c1.O=C(O)C(F)(F)F. The number of phenols is 1. The highest BCUT2D eigenvalue weighted by Crippen LogP contribution is 2.25. The van der Waals surface area contributed by atoms with Crippen LogP contribution in [0.1, 0.15) is 27.0 Å². The van der Waals surface area contributed by atoms with Crippen LogP contribution in [-0.4, -0.2) is 58.7 Å². The molecule has 0 bridgehead atoms.